The van der Waals surface area contributed by atoms with Gasteiger partial charge in [-0.25, -0.2) is 12.8 Å². The van der Waals surface area contributed by atoms with E-state index in [4.69, 9.17) is 17.3 Å². The van der Waals surface area contributed by atoms with Crippen molar-refractivity contribution in [3.63, 3.8) is 0 Å². The molecule has 1 rings (SSSR count). The Hall–Kier alpha value is -0.900. The minimum absolute atomic E-state index is 0.126. The van der Waals surface area contributed by atoms with Gasteiger partial charge < -0.3 is 5.73 Å². The lowest BCUT2D eigenvalue weighted by Crippen LogP contribution is -2.39. The van der Waals surface area contributed by atoms with Crippen molar-refractivity contribution < 1.29 is 26.0 Å². The maximum Gasteiger partial charge on any atom is 0.402 e. The summed E-state index contributed by atoms with van der Waals surface area (Å²) in [4.78, 5) is -0.915. The average Bonchev–Trinajstić information content (AvgIpc) is 2.36. The molecule has 1 aromatic carbocycles. The van der Waals surface area contributed by atoms with Gasteiger partial charge in [-0.2, -0.15) is 17.5 Å². The molecule has 0 saturated heterocycles. The van der Waals surface area contributed by atoms with Crippen LogP contribution < -0.4 is 5.73 Å². The molecule has 21 heavy (non-hydrogen) atoms. The van der Waals surface area contributed by atoms with E-state index in [2.05, 4.69) is 0 Å². The van der Waals surface area contributed by atoms with Crippen molar-refractivity contribution in [2.45, 2.75) is 24.5 Å². The monoisotopic (exact) mass is 348 g/mol. The first-order valence-corrected chi connectivity index (χ1v) is 7.59. The molecule has 0 heterocycles. The zero-order valence-corrected chi connectivity index (χ0v) is 12.5. The molecular weight excluding hydrogens is 336 g/mol. The summed E-state index contributed by atoms with van der Waals surface area (Å²) < 4.78 is 75.8. The van der Waals surface area contributed by atoms with Crippen molar-refractivity contribution >= 4 is 21.6 Å². The predicted octanol–water partition coefficient (Wildman–Crippen LogP) is 2.51. The summed E-state index contributed by atoms with van der Waals surface area (Å²) in [6.45, 7) is -1.29. The van der Waals surface area contributed by atoms with Crippen molar-refractivity contribution in [3.8, 4) is 0 Å². The van der Waals surface area contributed by atoms with Gasteiger partial charge in [-0.05, 0) is 12.1 Å². The van der Waals surface area contributed by atoms with Crippen LogP contribution >= 0.6 is 11.6 Å². The summed E-state index contributed by atoms with van der Waals surface area (Å²) in [6, 6.07) is 1.89. The second-order valence-electron chi connectivity index (χ2n) is 4.13. The van der Waals surface area contributed by atoms with E-state index in [1.54, 1.807) is 0 Å². The SMILES string of the molecule is CCN(CC(F)(F)F)S(=O)(=O)c1cc(Cl)cc(CN)c1F. The molecule has 0 atom stereocenters. The van der Waals surface area contributed by atoms with Gasteiger partial charge in [-0.1, -0.05) is 18.5 Å². The largest absolute Gasteiger partial charge is 0.402 e. The number of alkyl halides is 3. The fourth-order valence-corrected chi connectivity index (χ4v) is 3.53. The highest BCUT2D eigenvalue weighted by atomic mass is 35.5. The van der Waals surface area contributed by atoms with Gasteiger partial charge in [0.1, 0.15) is 17.3 Å². The number of halogens is 5. The third kappa shape index (κ3) is 4.29. The van der Waals surface area contributed by atoms with E-state index in [0.717, 1.165) is 12.1 Å². The molecule has 0 aromatic heterocycles. The number of benzene rings is 1. The van der Waals surface area contributed by atoms with Crippen molar-refractivity contribution in [1.82, 2.24) is 4.31 Å². The van der Waals surface area contributed by atoms with Crippen molar-refractivity contribution in [1.29, 1.82) is 0 Å². The zero-order chi connectivity index (χ0) is 16.4. The molecule has 0 unspecified atom stereocenters. The molecule has 0 radical (unpaired) electrons. The van der Waals surface area contributed by atoms with Gasteiger partial charge in [0, 0.05) is 23.7 Å². The second kappa shape index (κ2) is 6.47. The minimum Gasteiger partial charge on any atom is -0.326 e. The third-order valence-electron chi connectivity index (χ3n) is 2.63. The Bertz CT molecular complexity index is 619. The molecule has 0 aliphatic heterocycles. The Labute approximate surface area is 124 Å². The molecule has 1 aromatic rings. The predicted molar refractivity (Wildman–Crippen MR) is 69.8 cm³/mol. The highest BCUT2D eigenvalue weighted by Gasteiger charge is 2.37. The summed E-state index contributed by atoms with van der Waals surface area (Å²) in [7, 11) is -4.67. The van der Waals surface area contributed by atoms with E-state index in [0.29, 0.717) is 0 Å². The van der Waals surface area contributed by atoms with Gasteiger partial charge in [-0.3, -0.25) is 0 Å². The number of nitrogens with two attached hydrogens (primary N) is 1. The van der Waals surface area contributed by atoms with Crippen LogP contribution in [0.4, 0.5) is 17.6 Å². The Morgan fingerprint density at radius 2 is 1.90 bits per heavy atom. The smallest absolute Gasteiger partial charge is 0.326 e. The zero-order valence-electron chi connectivity index (χ0n) is 10.9. The van der Waals surface area contributed by atoms with Crippen molar-refractivity contribution in [2.75, 3.05) is 13.1 Å². The van der Waals surface area contributed by atoms with E-state index >= 15 is 0 Å². The van der Waals surface area contributed by atoms with Gasteiger partial charge in [0.05, 0.1) is 0 Å². The molecule has 0 saturated carbocycles. The first-order valence-electron chi connectivity index (χ1n) is 5.77. The number of nitrogens with zero attached hydrogens (tertiary/aromatic N) is 1. The minimum atomic E-state index is -4.74. The molecular formula is C11H13ClF4N2O2S. The van der Waals surface area contributed by atoms with Gasteiger partial charge in [0.25, 0.3) is 0 Å². The van der Waals surface area contributed by atoms with E-state index in [1.807, 2.05) is 0 Å². The van der Waals surface area contributed by atoms with Crippen LogP contribution in [0.15, 0.2) is 17.0 Å². The molecule has 2 N–H and O–H groups in total. The van der Waals surface area contributed by atoms with Crippen LogP contribution in [0.3, 0.4) is 0 Å². The molecule has 0 spiro atoms. The fraction of sp³-hybridized carbons (Fsp3) is 0.455. The lowest BCUT2D eigenvalue weighted by atomic mass is 10.2. The maximum absolute atomic E-state index is 14.1. The van der Waals surface area contributed by atoms with E-state index < -0.39 is 40.0 Å². The van der Waals surface area contributed by atoms with E-state index in [1.165, 1.54) is 6.92 Å². The molecule has 0 bridgehead atoms. The summed E-state index contributed by atoms with van der Waals surface area (Å²) in [5.74, 6) is -1.19. The van der Waals surface area contributed by atoms with Crippen molar-refractivity contribution in [2.24, 2.45) is 5.73 Å². The topological polar surface area (TPSA) is 63.4 Å². The lowest BCUT2D eigenvalue weighted by molar-refractivity contribution is -0.135. The fourth-order valence-electron chi connectivity index (χ4n) is 1.66. The Morgan fingerprint density at radius 1 is 1.33 bits per heavy atom. The van der Waals surface area contributed by atoms with Crippen LogP contribution in [0.1, 0.15) is 12.5 Å². The highest BCUT2D eigenvalue weighted by molar-refractivity contribution is 7.89. The molecule has 0 aliphatic carbocycles. The first kappa shape index (κ1) is 18.1. The lowest BCUT2D eigenvalue weighted by Gasteiger charge is -2.22. The van der Waals surface area contributed by atoms with Crippen molar-refractivity contribution in [3.05, 3.63) is 28.5 Å². The molecule has 120 valence electrons. The second-order valence-corrected chi connectivity index (χ2v) is 6.47. The quantitative estimate of drug-likeness (QED) is 0.832. The number of hydrogen-bond acceptors (Lipinski definition) is 3. The summed E-state index contributed by atoms with van der Waals surface area (Å²) >= 11 is 5.66. The molecule has 0 aliphatic rings. The van der Waals surface area contributed by atoms with E-state index in [-0.39, 0.29) is 21.4 Å². The highest BCUT2D eigenvalue weighted by Crippen LogP contribution is 2.28. The molecule has 4 nitrogen and oxygen atoms in total. The summed E-state index contributed by atoms with van der Waals surface area (Å²) in [6.07, 6.45) is -4.74. The standard InChI is InChI=1S/C11H13ClF4N2O2S/c1-2-18(6-11(14,15)16)21(19,20)9-4-8(12)3-7(5-17)10(9)13/h3-4H,2,5-6,17H2,1H3. The first-order chi connectivity index (χ1) is 9.52. The Balaban J connectivity index is 3.39. The molecule has 10 heteroatoms. The van der Waals surface area contributed by atoms with E-state index in [9.17, 15) is 26.0 Å². The van der Waals surface area contributed by atoms with Crippen LogP contribution in [0.2, 0.25) is 5.02 Å². The summed E-state index contributed by atoms with van der Waals surface area (Å²) in [5, 5.41) is -0.126. The van der Waals surface area contributed by atoms with Crippen LogP contribution in [0.5, 0.6) is 0 Å². The number of sulfonamides is 1. The number of hydrogen-bond donors (Lipinski definition) is 1. The Morgan fingerprint density at radius 3 is 2.33 bits per heavy atom. The van der Waals surface area contributed by atoms with Crippen LogP contribution in [0, 0.1) is 5.82 Å². The number of rotatable bonds is 5. The summed E-state index contributed by atoms with van der Waals surface area (Å²) in [5.41, 5.74) is 5.06. The normalized spacial score (nSPS) is 13.0. The van der Waals surface area contributed by atoms with Crippen LogP contribution in [-0.2, 0) is 16.6 Å². The van der Waals surface area contributed by atoms with Crippen LogP contribution in [-0.4, -0.2) is 32.0 Å². The molecule has 0 fully saturated rings. The maximum atomic E-state index is 14.1. The van der Waals surface area contributed by atoms with Crippen LogP contribution in [0.25, 0.3) is 0 Å². The van der Waals surface area contributed by atoms with Gasteiger partial charge >= 0.3 is 6.18 Å². The average molecular weight is 349 g/mol. The third-order valence-corrected chi connectivity index (χ3v) is 4.76. The van der Waals surface area contributed by atoms with Gasteiger partial charge in [0.2, 0.25) is 10.0 Å². The van der Waals surface area contributed by atoms with Gasteiger partial charge in [-0.15, -0.1) is 0 Å². The molecule has 0 amide bonds. The Kier molecular flexibility index (Phi) is 5.59. The van der Waals surface area contributed by atoms with Gasteiger partial charge in [0.15, 0.2) is 0 Å².